The van der Waals surface area contributed by atoms with Crippen LogP contribution in [0.25, 0.3) is 0 Å². The fourth-order valence-corrected chi connectivity index (χ4v) is 1.79. The van der Waals surface area contributed by atoms with E-state index in [9.17, 15) is 4.79 Å². The Bertz CT molecular complexity index is 223. The van der Waals surface area contributed by atoms with Crippen molar-refractivity contribution in [1.29, 1.82) is 0 Å². The summed E-state index contributed by atoms with van der Waals surface area (Å²) in [5.41, 5.74) is 5.74. The van der Waals surface area contributed by atoms with E-state index >= 15 is 0 Å². The van der Waals surface area contributed by atoms with Gasteiger partial charge in [-0.3, -0.25) is 4.79 Å². The van der Waals surface area contributed by atoms with Crippen molar-refractivity contribution in [2.24, 2.45) is 5.73 Å². The third-order valence-electron chi connectivity index (χ3n) is 2.72. The molecule has 3 unspecified atom stereocenters. The van der Waals surface area contributed by atoms with E-state index in [-0.39, 0.29) is 24.2 Å². The lowest BCUT2D eigenvalue weighted by molar-refractivity contribution is -0.131. The van der Waals surface area contributed by atoms with Gasteiger partial charge in [0.05, 0.1) is 12.7 Å². The van der Waals surface area contributed by atoms with Crippen molar-refractivity contribution >= 4 is 5.91 Å². The van der Waals surface area contributed by atoms with Gasteiger partial charge in [-0.1, -0.05) is 0 Å². The van der Waals surface area contributed by atoms with Gasteiger partial charge < -0.3 is 20.5 Å². The van der Waals surface area contributed by atoms with E-state index in [0.29, 0.717) is 13.2 Å². The number of carbonyl (C=O) groups is 1. The number of carbonyl (C=O) groups excluding carboxylic acids is 1. The van der Waals surface area contributed by atoms with E-state index in [1.165, 1.54) is 0 Å². The summed E-state index contributed by atoms with van der Waals surface area (Å²) in [6, 6.07) is -0.0197. The highest BCUT2D eigenvalue weighted by Crippen LogP contribution is 2.18. The van der Waals surface area contributed by atoms with Crippen molar-refractivity contribution < 1.29 is 14.3 Å². The first-order valence-electron chi connectivity index (χ1n) is 5.81. The highest BCUT2D eigenvalue weighted by atomic mass is 16.5. The molecule has 1 saturated heterocycles. The summed E-state index contributed by atoms with van der Waals surface area (Å²) in [4.78, 5) is 11.6. The molecule has 0 radical (unpaired) electrons. The predicted molar refractivity (Wildman–Crippen MR) is 61.0 cm³/mol. The number of nitrogens with one attached hydrogen (secondary N) is 1. The summed E-state index contributed by atoms with van der Waals surface area (Å²) in [6.45, 7) is 3.09. The molecule has 0 aliphatic carbocycles. The van der Waals surface area contributed by atoms with Gasteiger partial charge in [-0.25, -0.2) is 0 Å². The third-order valence-corrected chi connectivity index (χ3v) is 2.72. The number of methoxy groups -OCH3 is 1. The smallest absolute Gasteiger partial charge is 0.249 e. The Morgan fingerprint density at radius 2 is 2.38 bits per heavy atom. The first-order valence-corrected chi connectivity index (χ1v) is 5.81. The van der Waals surface area contributed by atoms with Crippen LogP contribution in [0.2, 0.25) is 0 Å². The van der Waals surface area contributed by atoms with Crippen LogP contribution in [0.5, 0.6) is 0 Å². The van der Waals surface area contributed by atoms with E-state index < -0.39 is 0 Å². The largest absolute Gasteiger partial charge is 0.383 e. The number of hydrogen-bond acceptors (Lipinski definition) is 4. The molecule has 0 spiro atoms. The minimum Gasteiger partial charge on any atom is -0.383 e. The molecule has 3 atom stereocenters. The van der Waals surface area contributed by atoms with Gasteiger partial charge in [0.15, 0.2) is 0 Å². The van der Waals surface area contributed by atoms with Crippen LogP contribution in [-0.4, -0.2) is 44.4 Å². The maximum absolute atomic E-state index is 11.6. The molecule has 0 aromatic rings. The molecule has 0 saturated carbocycles. The van der Waals surface area contributed by atoms with Crippen LogP contribution in [0.15, 0.2) is 0 Å². The maximum Gasteiger partial charge on any atom is 0.249 e. The summed E-state index contributed by atoms with van der Waals surface area (Å²) in [7, 11) is 1.62. The van der Waals surface area contributed by atoms with Crippen molar-refractivity contribution in [3.63, 3.8) is 0 Å². The Labute approximate surface area is 96.7 Å². The Morgan fingerprint density at radius 3 is 2.94 bits per heavy atom. The van der Waals surface area contributed by atoms with Gasteiger partial charge in [-0.05, 0) is 26.2 Å². The molecule has 0 aromatic heterocycles. The predicted octanol–water partition coefficient (Wildman–Crippen LogP) is 0.0339. The number of nitrogens with two attached hydrogens (primary N) is 1. The molecule has 94 valence electrons. The fraction of sp³-hybridized carbons (Fsp3) is 0.909. The monoisotopic (exact) mass is 230 g/mol. The van der Waals surface area contributed by atoms with Crippen molar-refractivity contribution in [3.8, 4) is 0 Å². The van der Waals surface area contributed by atoms with Crippen LogP contribution < -0.4 is 11.1 Å². The second-order valence-electron chi connectivity index (χ2n) is 4.31. The summed E-state index contributed by atoms with van der Waals surface area (Å²) in [6.07, 6.45) is 2.43. The molecule has 1 aliphatic rings. The molecule has 0 bridgehead atoms. The van der Waals surface area contributed by atoms with E-state index in [1.54, 1.807) is 7.11 Å². The van der Waals surface area contributed by atoms with Gasteiger partial charge in [-0.15, -0.1) is 0 Å². The molecule has 5 heteroatoms. The van der Waals surface area contributed by atoms with Gasteiger partial charge in [0, 0.05) is 19.7 Å². The van der Waals surface area contributed by atoms with Crippen LogP contribution in [0.1, 0.15) is 26.2 Å². The lowest BCUT2D eigenvalue weighted by atomic mass is 10.2. The molecule has 1 heterocycles. The quantitative estimate of drug-likeness (QED) is 0.675. The second kappa shape index (κ2) is 6.83. The van der Waals surface area contributed by atoms with Crippen molar-refractivity contribution in [2.45, 2.75) is 44.4 Å². The zero-order valence-corrected chi connectivity index (χ0v) is 10.1. The average Bonchev–Trinajstić information content (AvgIpc) is 2.65. The van der Waals surface area contributed by atoms with Gasteiger partial charge in [0.2, 0.25) is 5.91 Å². The molecule has 1 rings (SSSR count). The third kappa shape index (κ3) is 4.47. The number of rotatable bonds is 6. The molecule has 5 nitrogen and oxygen atoms in total. The first kappa shape index (κ1) is 13.4. The van der Waals surface area contributed by atoms with Gasteiger partial charge in [-0.2, -0.15) is 0 Å². The maximum atomic E-state index is 11.6. The van der Waals surface area contributed by atoms with Crippen LogP contribution in [0.3, 0.4) is 0 Å². The van der Waals surface area contributed by atoms with Crippen molar-refractivity contribution in [3.05, 3.63) is 0 Å². The fourth-order valence-electron chi connectivity index (χ4n) is 1.79. The van der Waals surface area contributed by atoms with E-state index in [2.05, 4.69) is 5.32 Å². The van der Waals surface area contributed by atoms with Crippen LogP contribution >= 0.6 is 0 Å². The highest BCUT2D eigenvalue weighted by molar-refractivity contribution is 5.80. The second-order valence-corrected chi connectivity index (χ2v) is 4.31. The van der Waals surface area contributed by atoms with Gasteiger partial charge in [0.1, 0.15) is 6.10 Å². The van der Waals surface area contributed by atoms with E-state index in [0.717, 1.165) is 19.3 Å². The average molecular weight is 230 g/mol. The SMILES string of the molecule is COCC(N)CCNC(=O)C1CCC(C)O1. The molecule has 0 aromatic carbocycles. The molecular weight excluding hydrogens is 208 g/mol. The van der Waals surface area contributed by atoms with E-state index in [4.69, 9.17) is 15.2 Å². The Balaban J connectivity index is 2.11. The molecule has 1 fully saturated rings. The Kier molecular flexibility index (Phi) is 5.73. The number of amides is 1. The standard InChI is InChI=1S/C11H22N2O3/c1-8-3-4-10(16-8)11(14)13-6-5-9(12)7-15-2/h8-10H,3-7,12H2,1-2H3,(H,13,14). The van der Waals surface area contributed by atoms with Crippen LogP contribution in [0.4, 0.5) is 0 Å². The van der Waals surface area contributed by atoms with Crippen LogP contribution in [-0.2, 0) is 14.3 Å². The van der Waals surface area contributed by atoms with Gasteiger partial charge >= 0.3 is 0 Å². The zero-order valence-electron chi connectivity index (χ0n) is 10.1. The van der Waals surface area contributed by atoms with Crippen molar-refractivity contribution in [1.82, 2.24) is 5.32 Å². The number of hydrogen-bond donors (Lipinski definition) is 2. The van der Waals surface area contributed by atoms with Crippen LogP contribution in [0, 0.1) is 0 Å². The summed E-state index contributed by atoms with van der Waals surface area (Å²) < 4.78 is 10.4. The Hall–Kier alpha value is -0.650. The molecule has 3 N–H and O–H groups in total. The lowest BCUT2D eigenvalue weighted by Crippen LogP contribution is -2.38. The van der Waals surface area contributed by atoms with Crippen molar-refractivity contribution in [2.75, 3.05) is 20.3 Å². The Morgan fingerprint density at radius 1 is 1.62 bits per heavy atom. The summed E-state index contributed by atoms with van der Waals surface area (Å²) in [5, 5.41) is 2.83. The molecule has 1 aliphatic heterocycles. The van der Waals surface area contributed by atoms with E-state index in [1.807, 2.05) is 6.92 Å². The summed E-state index contributed by atoms with van der Waals surface area (Å²) >= 11 is 0. The topological polar surface area (TPSA) is 73.6 Å². The molecular formula is C11H22N2O3. The summed E-state index contributed by atoms with van der Waals surface area (Å²) in [5.74, 6) is -0.0195. The molecule has 1 amide bonds. The highest BCUT2D eigenvalue weighted by Gasteiger charge is 2.27. The minimum atomic E-state index is -0.270. The number of ether oxygens (including phenoxy) is 2. The lowest BCUT2D eigenvalue weighted by Gasteiger charge is -2.14. The normalized spacial score (nSPS) is 26.7. The first-order chi connectivity index (χ1) is 7.63. The zero-order chi connectivity index (χ0) is 12.0. The molecule has 16 heavy (non-hydrogen) atoms. The van der Waals surface area contributed by atoms with Gasteiger partial charge in [0.25, 0.3) is 0 Å². The minimum absolute atomic E-state index is 0.0195.